The predicted octanol–water partition coefficient (Wildman–Crippen LogP) is 0.922. The van der Waals surface area contributed by atoms with Crippen molar-refractivity contribution >= 4 is 0 Å². The Morgan fingerprint density at radius 2 is 2.23 bits per heavy atom. The van der Waals surface area contributed by atoms with Crippen molar-refractivity contribution in [3.8, 4) is 11.5 Å². The van der Waals surface area contributed by atoms with E-state index in [9.17, 15) is 0 Å². The van der Waals surface area contributed by atoms with Gasteiger partial charge in [-0.05, 0) is 12.1 Å². The fraction of sp³-hybridized carbons (Fsp3) is 0.333. The lowest BCUT2D eigenvalue weighted by Gasteiger charge is -2.05. The standard InChI is InChI=1S/C9H13NO3/c1-10-13-6-5-12-9-4-2-3-8(11)7-9/h2-4,7,10-11H,5-6H2,1H3. The normalized spacial score (nSPS) is 9.92. The minimum Gasteiger partial charge on any atom is -0.508 e. The van der Waals surface area contributed by atoms with Crippen molar-refractivity contribution in [1.82, 2.24) is 5.48 Å². The summed E-state index contributed by atoms with van der Waals surface area (Å²) in [4.78, 5) is 4.85. The summed E-state index contributed by atoms with van der Waals surface area (Å²) >= 11 is 0. The summed E-state index contributed by atoms with van der Waals surface area (Å²) in [6.07, 6.45) is 0. The van der Waals surface area contributed by atoms with Crippen molar-refractivity contribution in [2.75, 3.05) is 20.3 Å². The molecule has 0 heterocycles. The van der Waals surface area contributed by atoms with E-state index in [2.05, 4.69) is 5.48 Å². The Balaban J connectivity index is 2.28. The molecular formula is C9H13NO3. The molecule has 1 aromatic rings. The molecule has 0 unspecified atom stereocenters. The van der Waals surface area contributed by atoms with Crippen LogP contribution in [-0.4, -0.2) is 25.4 Å². The third-order valence-corrected chi connectivity index (χ3v) is 1.42. The topological polar surface area (TPSA) is 50.7 Å². The van der Waals surface area contributed by atoms with Crippen LogP contribution in [0.3, 0.4) is 0 Å². The van der Waals surface area contributed by atoms with E-state index in [0.717, 1.165) is 0 Å². The minimum atomic E-state index is 0.201. The van der Waals surface area contributed by atoms with Gasteiger partial charge in [0, 0.05) is 13.1 Å². The summed E-state index contributed by atoms with van der Waals surface area (Å²) in [6.45, 7) is 0.913. The van der Waals surface area contributed by atoms with Gasteiger partial charge in [-0.3, -0.25) is 4.84 Å². The first-order valence-electron chi connectivity index (χ1n) is 4.03. The molecule has 0 spiro atoms. The van der Waals surface area contributed by atoms with Crippen molar-refractivity contribution in [1.29, 1.82) is 0 Å². The average molecular weight is 183 g/mol. The van der Waals surface area contributed by atoms with Crippen molar-refractivity contribution < 1.29 is 14.7 Å². The van der Waals surface area contributed by atoms with Crippen LogP contribution in [0.4, 0.5) is 0 Å². The Kier molecular flexibility index (Phi) is 4.08. The van der Waals surface area contributed by atoms with Gasteiger partial charge >= 0.3 is 0 Å². The van der Waals surface area contributed by atoms with Gasteiger partial charge in [-0.1, -0.05) is 6.07 Å². The van der Waals surface area contributed by atoms with Crippen LogP contribution in [0, 0.1) is 0 Å². The van der Waals surface area contributed by atoms with Crippen molar-refractivity contribution in [2.45, 2.75) is 0 Å². The minimum absolute atomic E-state index is 0.201. The van der Waals surface area contributed by atoms with Gasteiger partial charge in [0.15, 0.2) is 0 Å². The Morgan fingerprint density at radius 3 is 2.92 bits per heavy atom. The Hall–Kier alpha value is -1.26. The zero-order valence-corrected chi connectivity index (χ0v) is 7.49. The van der Waals surface area contributed by atoms with Crippen LogP contribution in [-0.2, 0) is 4.84 Å². The number of nitrogens with one attached hydrogen (secondary N) is 1. The summed E-state index contributed by atoms with van der Waals surface area (Å²) in [7, 11) is 1.69. The first-order chi connectivity index (χ1) is 6.33. The maximum Gasteiger partial charge on any atom is 0.123 e. The van der Waals surface area contributed by atoms with Gasteiger partial charge in [-0.25, -0.2) is 5.48 Å². The molecule has 0 aromatic heterocycles. The van der Waals surface area contributed by atoms with E-state index in [1.54, 1.807) is 31.3 Å². The maximum atomic E-state index is 9.09. The summed E-state index contributed by atoms with van der Waals surface area (Å²) in [5, 5.41) is 9.09. The molecule has 1 aromatic carbocycles. The molecule has 72 valence electrons. The first-order valence-corrected chi connectivity index (χ1v) is 4.03. The van der Waals surface area contributed by atoms with Gasteiger partial charge in [0.1, 0.15) is 24.7 Å². The van der Waals surface area contributed by atoms with Crippen LogP contribution < -0.4 is 10.2 Å². The van der Waals surface area contributed by atoms with Crippen molar-refractivity contribution in [3.05, 3.63) is 24.3 Å². The van der Waals surface area contributed by atoms with E-state index >= 15 is 0 Å². The van der Waals surface area contributed by atoms with Crippen molar-refractivity contribution in [2.24, 2.45) is 0 Å². The van der Waals surface area contributed by atoms with Crippen LogP contribution in [0.15, 0.2) is 24.3 Å². The summed E-state index contributed by atoms with van der Waals surface area (Å²) in [6, 6.07) is 6.65. The number of phenolic OH excluding ortho intramolecular Hbond substituents is 1. The molecule has 0 atom stereocenters. The van der Waals surface area contributed by atoms with E-state index in [1.165, 1.54) is 0 Å². The highest BCUT2D eigenvalue weighted by Crippen LogP contribution is 2.17. The predicted molar refractivity (Wildman–Crippen MR) is 48.6 cm³/mol. The first kappa shape index (κ1) is 9.83. The third-order valence-electron chi connectivity index (χ3n) is 1.42. The molecule has 0 fully saturated rings. The fourth-order valence-corrected chi connectivity index (χ4v) is 0.877. The molecule has 0 saturated carbocycles. The number of phenols is 1. The lowest BCUT2D eigenvalue weighted by Crippen LogP contribution is -2.14. The number of aromatic hydroxyl groups is 1. The van der Waals surface area contributed by atoms with Gasteiger partial charge in [0.25, 0.3) is 0 Å². The van der Waals surface area contributed by atoms with E-state index in [-0.39, 0.29) is 5.75 Å². The molecule has 2 N–H and O–H groups in total. The number of benzene rings is 1. The van der Waals surface area contributed by atoms with Gasteiger partial charge < -0.3 is 9.84 Å². The number of hydrogen-bond donors (Lipinski definition) is 2. The molecule has 4 nitrogen and oxygen atoms in total. The van der Waals surface area contributed by atoms with Gasteiger partial charge in [0.05, 0.1) is 0 Å². The van der Waals surface area contributed by atoms with Crippen LogP contribution in [0.25, 0.3) is 0 Å². The van der Waals surface area contributed by atoms with Crippen LogP contribution in [0.5, 0.6) is 11.5 Å². The van der Waals surface area contributed by atoms with E-state index in [0.29, 0.717) is 19.0 Å². The largest absolute Gasteiger partial charge is 0.508 e. The van der Waals surface area contributed by atoms with E-state index in [4.69, 9.17) is 14.7 Å². The quantitative estimate of drug-likeness (QED) is 0.526. The summed E-state index contributed by atoms with van der Waals surface area (Å²) < 4.78 is 5.26. The Morgan fingerprint density at radius 1 is 1.38 bits per heavy atom. The SMILES string of the molecule is CNOCCOc1cccc(O)c1. The van der Waals surface area contributed by atoms with Gasteiger partial charge in [-0.15, -0.1) is 0 Å². The average Bonchev–Trinajstić information content (AvgIpc) is 2.13. The molecule has 0 aliphatic heterocycles. The monoisotopic (exact) mass is 183 g/mol. The van der Waals surface area contributed by atoms with E-state index in [1.807, 2.05) is 0 Å². The lowest BCUT2D eigenvalue weighted by molar-refractivity contribution is 0.0367. The van der Waals surface area contributed by atoms with Gasteiger partial charge in [0.2, 0.25) is 0 Å². The van der Waals surface area contributed by atoms with Gasteiger partial charge in [-0.2, -0.15) is 0 Å². The van der Waals surface area contributed by atoms with E-state index < -0.39 is 0 Å². The molecular weight excluding hydrogens is 170 g/mol. The lowest BCUT2D eigenvalue weighted by atomic mass is 10.3. The highest BCUT2D eigenvalue weighted by Gasteiger charge is 1.94. The van der Waals surface area contributed by atoms with Crippen molar-refractivity contribution in [3.63, 3.8) is 0 Å². The molecule has 0 amide bonds. The number of hydroxylamine groups is 1. The second-order valence-corrected chi connectivity index (χ2v) is 2.40. The Bertz CT molecular complexity index is 252. The van der Waals surface area contributed by atoms with Crippen LogP contribution in [0.2, 0.25) is 0 Å². The van der Waals surface area contributed by atoms with Crippen LogP contribution >= 0.6 is 0 Å². The highest BCUT2D eigenvalue weighted by atomic mass is 16.7. The fourth-order valence-electron chi connectivity index (χ4n) is 0.877. The third kappa shape index (κ3) is 3.78. The molecule has 4 heteroatoms. The molecule has 0 bridgehead atoms. The molecule has 0 radical (unpaired) electrons. The molecule has 0 aliphatic rings. The summed E-state index contributed by atoms with van der Waals surface area (Å²) in [5.74, 6) is 0.840. The smallest absolute Gasteiger partial charge is 0.123 e. The number of hydrogen-bond acceptors (Lipinski definition) is 4. The second-order valence-electron chi connectivity index (χ2n) is 2.40. The second kappa shape index (κ2) is 5.40. The molecule has 0 saturated heterocycles. The number of ether oxygens (including phenoxy) is 1. The molecule has 0 aliphatic carbocycles. The Labute approximate surface area is 77.1 Å². The highest BCUT2D eigenvalue weighted by molar-refractivity contribution is 5.31. The molecule has 1 rings (SSSR count). The van der Waals surface area contributed by atoms with Crippen LogP contribution in [0.1, 0.15) is 0 Å². The maximum absolute atomic E-state index is 9.09. The zero-order valence-electron chi connectivity index (χ0n) is 7.49. The molecule has 13 heavy (non-hydrogen) atoms. The number of rotatable bonds is 5. The summed E-state index contributed by atoms with van der Waals surface area (Å²) in [5.41, 5.74) is 2.54. The zero-order chi connectivity index (χ0) is 9.52.